The van der Waals surface area contributed by atoms with Crippen LogP contribution in [0.15, 0.2) is 24.3 Å². The highest BCUT2D eigenvalue weighted by atomic mass is 16.5. The lowest BCUT2D eigenvalue weighted by Crippen LogP contribution is -1.85. The summed E-state index contributed by atoms with van der Waals surface area (Å²) in [5.74, 6) is 0.364. The van der Waals surface area contributed by atoms with E-state index in [4.69, 9.17) is 9.84 Å². The second kappa shape index (κ2) is 15.4. The molecule has 0 aliphatic heterocycles. The average molecular weight is 294 g/mol. The van der Waals surface area contributed by atoms with Crippen LogP contribution in [0.25, 0.3) is 0 Å². The van der Waals surface area contributed by atoms with Gasteiger partial charge in [0.15, 0.2) is 0 Å². The summed E-state index contributed by atoms with van der Waals surface area (Å²) in [5, 5.41) is 9.15. The van der Waals surface area contributed by atoms with Crippen LogP contribution in [0.3, 0.4) is 0 Å². The summed E-state index contributed by atoms with van der Waals surface area (Å²) in [6, 6.07) is 7.59. The van der Waals surface area contributed by atoms with Crippen molar-refractivity contribution in [3.63, 3.8) is 0 Å². The quantitative estimate of drug-likeness (QED) is 0.558. The Hall–Kier alpha value is -1.02. The average Bonchev–Trinajstić information content (AvgIpc) is 2.50. The van der Waals surface area contributed by atoms with E-state index in [0.717, 1.165) is 19.6 Å². The molecule has 2 nitrogen and oxygen atoms in total. The number of aryl methyl sites for hydroxylation is 1. The molecule has 2 heteroatoms. The highest BCUT2D eigenvalue weighted by Gasteiger charge is 1.94. The third kappa shape index (κ3) is 13.7. The second-order valence-electron chi connectivity index (χ2n) is 5.32. The maximum Gasteiger partial charge on any atom is 0.115 e. The van der Waals surface area contributed by atoms with Crippen LogP contribution in [-0.2, 0) is 11.2 Å². The minimum atomic E-state index is 0.364. The van der Waals surface area contributed by atoms with Crippen LogP contribution in [0.4, 0.5) is 0 Å². The van der Waals surface area contributed by atoms with E-state index in [-0.39, 0.29) is 0 Å². The third-order valence-electron chi connectivity index (χ3n) is 3.41. The van der Waals surface area contributed by atoms with Gasteiger partial charge in [-0.15, -0.1) is 0 Å². The Bertz CT molecular complexity index is 304. The molecule has 0 atom stereocenters. The number of phenols is 1. The molecule has 0 aliphatic carbocycles. The zero-order valence-corrected chi connectivity index (χ0v) is 14.2. The lowest BCUT2D eigenvalue weighted by molar-refractivity contribution is 0.162. The Morgan fingerprint density at radius 3 is 1.76 bits per heavy atom. The van der Waals surface area contributed by atoms with Crippen LogP contribution in [0, 0.1) is 0 Å². The van der Waals surface area contributed by atoms with Gasteiger partial charge in [-0.3, -0.25) is 0 Å². The van der Waals surface area contributed by atoms with Gasteiger partial charge in [0.2, 0.25) is 0 Å². The fourth-order valence-electron chi connectivity index (χ4n) is 2.15. The fourth-order valence-corrected chi connectivity index (χ4v) is 2.15. The van der Waals surface area contributed by atoms with E-state index in [1.165, 1.54) is 50.5 Å². The maximum atomic E-state index is 9.15. The van der Waals surface area contributed by atoms with Crippen molar-refractivity contribution in [3.05, 3.63) is 29.8 Å². The van der Waals surface area contributed by atoms with E-state index in [0.29, 0.717) is 5.75 Å². The summed E-state index contributed by atoms with van der Waals surface area (Å²) in [4.78, 5) is 0. The summed E-state index contributed by atoms with van der Waals surface area (Å²) in [6.07, 6.45) is 10.6. The first-order valence-corrected chi connectivity index (χ1v) is 8.60. The highest BCUT2D eigenvalue weighted by Crippen LogP contribution is 2.13. The zero-order chi connectivity index (χ0) is 15.8. The predicted molar refractivity (Wildman–Crippen MR) is 92.0 cm³/mol. The molecule has 0 bridgehead atoms. The number of unbranched alkanes of at least 4 members (excludes halogenated alkanes) is 6. The van der Waals surface area contributed by atoms with Crippen LogP contribution < -0.4 is 0 Å². The Morgan fingerprint density at radius 1 is 0.762 bits per heavy atom. The Morgan fingerprint density at radius 2 is 1.29 bits per heavy atom. The van der Waals surface area contributed by atoms with Crippen LogP contribution in [0.2, 0.25) is 0 Å². The van der Waals surface area contributed by atoms with Crippen molar-refractivity contribution < 1.29 is 9.84 Å². The predicted octanol–water partition coefficient (Wildman–Crippen LogP) is 5.73. The lowest BCUT2D eigenvalue weighted by atomic mass is 10.0. The van der Waals surface area contributed by atoms with Gasteiger partial charge >= 0.3 is 0 Å². The number of aromatic hydroxyl groups is 1. The van der Waals surface area contributed by atoms with Crippen molar-refractivity contribution in [2.24, 2.45) is 0 Å². The Balaban J connectivity index is 0.000000690. The minimum absolute atomic E-state index is 0.364. The Kier molecular flexibility index (Phi) is 14.6. The van der Waals surface area contributed by atoms with Gasteiger partial charge in [0.05, 0.1) is 0 Å². The summed E-state index contributed by atoms with van der Waals surface area (Å²) < 4.78 is 4.83. The molecule has 1 rings (SSSR count). The van der Waals surface area contributed by atoms with E-state index < -0.39 is 0 Å². The molecular weight excluding hydrogens is 260 g/mol. The molecule has 0 aromatic heterocycles. The molecule has 21 heavy (non-hydrogen) atoms. The SMILES string of the molecule is CCCCCCCCCc1ccc(O)cc1.CCOCC. The summed E-state index contributed by atoms with van der Waals surface area (Å²) in [6.45, 7) is 7.92. The molecule has 0 unspecified atom stereocenters. The van der Waals surface area contributed by atoms with Gasteiger partial charge in [0.1, 0.15) is 5.75 Å². The second-order valence-corrected chi connectivity index (χ2v) is 5.32. The summed E-state index contributed by atoms with van der Waals surface area (Å²) >= 11 is 0. The number of ether oxygens (including phenoxy) is 1. The minimum Gasteiger partial charge on any atom is -0.508 e. The van der Waals surface area contributed by atoms with Crippen LogP contribution in [-0.4, -0.2) is 18.3 Å². The van der Waals surface area contributed by atoms with Crippen molar-refractivity contribution in [1.29, 1.82) is 0 Å². The van der Waals surface area contributed by atoms with Crippen LogP contribution in [0.5, 0.6) is 5.75 Å². The van der Waals surface area contributed by atoms with Crippen LogP contribution in [0.1, 0.15) is 71.3 Å². The first-order valence-electron chi connectivity index (χ1n) is 8.60. The zero-order valence-electron chi connectivity index (χ0n) is 14.2. The number of rotatable bonds is 10. The van der Waals surface area contributed by atoms with E-state index in [2.05, 4.69) is 6.92 Å². The van der Waals surface area contributed by atoms with Crippen molar-refractivity contribution >= 4 is 0 Å². The largest absolute Gasteiger partial charge is 0.508 e. The van der Waals surface area contributed by atoms with Gasteiger partial charge < -0.3 is 9.84 Å². The molecule has 1 N–H and O–H groups in total. The topological polar surface area (TPSA) is 29.5 Å². The standard InChI is InChI=1S/C15H24O.C4H10O/c1-2-3-4-5-6-7-8-9-14-10-12-15(16)13-11-14;1-3-5-4-2/h10-13,16H,2-9H2,1H3;3-4H2,1-2H3. The molecule has 0 spiro atoms. The van der Waals surface area contributed by atoms with Crippen LogP contribution >= 0.6 is 0 Å². The molecule has 0 aliphatic rings. The lowest BCUT2D eigenvalue weighted by Gasteiger charge is -2.02. The van der Waals surface area contributed by atoms with Gasteiger partial charge in [-0.25, -0.2) is 0 Å². The van der Waals surface area contributed by atoms with E-state index in [9.17, 15) is 0 Å². The van der Waals surface area contributed by atoms with Gasteiger partial charge in [0.25, 0.3) is 0 Å². The fraction of sp³-hybridized carbons (Fsp3) is 0.684. The molecule has 0 amide bonds. The van der Waals surface area contributed by atoms with Crippen molar-refractivity contribution in [2.75, 3.05) is 13.2 Å². The van der Waals surface area contributed by atoms with E-state index in [1.807, 2.05) is 26.0 Å². The first kappa shape index (κ1) is 20.0. The number of hydrogen-bond donors (Lipinski definition) is 1. The maximum absolute atomic E-state index is 9.15. The number of phenolic OH excluding ortho intramolecular Hbond substituents is 1. The van der Waals surface area contributed by atoms with Gasteiger partial charge in [-0.05, 0) is 44.4 Å². The Labute approximate surface area is 131 Å². The van der Waals surface area contributed by atoms with Crippen molar-refractivity contribution in [2.45, 2.75) is 72.1 Å². The van der Waals surface area contributed by atoms with Gasteiger partial charge in [-0.1, -0.05) is 57.6 Å². The third-order valence-corrected chi connectivity index (χ3v) is 3.41. The summed E-state index contributed by atoms with van der Waals surface area (Å²) in [5.41, 5.74) is 1.34. The van der Waals surface area contributed by atoms with E-state index in [1.54, 1.807) is 12.1 Å². The molecule has 0 radical (unpaired) electrons. The molecule has 0 fully saturated rings. The molecular formula is C19H34O2. The first-order chi connectivity index (χ1) is 10.2. The number of benzene rings is 1. The smallest absolute Gasteiger partial charge is 0.115 e. The summed E-state index contributed by atoms with van der Waals surface area (Å²) in [7, 11) is 0. The molecule has 1 aromatic carbocycles. The highest BCUT2D eigenvalue weighted by molar-refractivity contribution is 5.25. The molecule has 0 saturated carbocycles. The molecule has 0 heterocycles. The normalized spacial score (nSPS) is 10.0. The van der Waals surface area contributed by atoms with Crippen molar-refractivity contribution in [3.8, 4) is 5.75 Å². The van der Waals surface area contributed by atoms with E-state index >= 15 is 0 Å². The molecule has 1 aromatic rings. The van der Waals surface area contributed by atoms with Crippen molar-refractivity contribution in [1.82, 2.24) is 0 Å². The monoisotopic (exact) mass is 294 g/mol. The molecule has 0 saturated heterocycles. The number of hydrogen-bond acceptors (Lipinski definition) is 2. The molecule has 122 valence electrons. The van der Waals surface area contributed by atoms with Gasteiger partial charge in [0, 0.05) is 13.2 Å². The van der Waals surface area contributed by atoms with Gasteiger partial charge in [-0.2, -0.15) is 0 Å².